The number of hydrogen-bond donors (Lipinski definition) is 1. The Kier molecular flexibility index (Phi) is 2.49. The quantitative estimate of drug-likeness (QED) is 0.687. The lowest BCUT2D eigenvalue weighted by Gasteiger charge is -2.02. The molecule has 2 nitrogen and oxygen atoms in total. The van der Waals surface area contributed by atoms with Crippen molar-refractivity contribution in [3.8, 4) is 0 Å². The van der Waals surface area contributed by atoms with Crippen molar-refractivity contribution in [1.82, 2.24) is 4.98 Å². The lowest BCUT2D eigenvalue weighted by molar-refractivity contribution is 1.28. The molecule has 0 aromatic carbocycles. The van der Waals surface area contributed by atoms with E-state index in [0.29, 0.717) is 5.15 Å². The molecule has 0 spiro atoms. The van der Waals surface area contributed by atoms with E-state index in [1.54, 1.807) is 19.2 Å². The van der Waals surface area contributed by atoms with E-state index in [4.69, 9.17) is 11.6 Å². The van der Waals surface area contributed by atoms with E-state index in [2.05, 4.69) is 16.9 Å². The molecule has 58 valence electrons. The van der Waals surface area contributed by atoms with E-state index in [0.717, 1.165) is 11.4 Å². The van der Waals surface area contributed by atoms with Crippen molar-refractivity contribution in [3.63, 3.8) is 0 Å². The van der Waals surface area contributed by atoms with Gasteiger partial charge in [0.25, 0.3) is 0 Å². The largest absolute Gasteiger partial charge is 0.373 e. The van der Waals surface area contributed by atoms with Crippen LogP contribution in [0.1, 0.15) is 5.56 Å². The molecule has 0 radical (unpaired) electrons. The van der Waals surface area contributed by atoms with E-state index in [-0.39, 0.29) is 0 Å². The zero-order valence-corrected chi connectivity index (χ0v) is 7.02. The highest BCUT2D eigenvalue weighted by Gasteiger charge is 1.97. The Morgan fingerprint density at radius 1 is 1.64 bits per heavy atom. The fourth-order valence-corrected chi connectivity index (χ4v) is 0.959. The smallest absolute Gasteiger partial charge is 0.134 e. The van der Waals surface area contributed by atoms with Gasteiger partial charge in [-0.25, -0.2) is 4.98 Å². The summed E-state index contributed by atoms with van der Waals surface area (Å²) in [5, 5.41) is 3.41. The zero-order valence-electron chi connectivity index (χ0n) is 6.26. The summed E-state index contributed by atoms with van der Waals surface area (Å²) in [6.45, 7) is 3.65. The molecule has 0 aliphatic heterocycles. The van der Waals surface area contributed by atoms with Gasteiger partial charge in [0.1, 0.15) is 11.0 Å². The van der Waals surface area contributed by atoms with E-state index < -0.39 is 0 Å². The molecular formula is C8H9ClN2. The number of anilines is 1. The highest BCUT2D eigenvalue weighted by Crippen LogP contribution is 2.16. The first-order valence-electron chi connectivity index (χ1n) is 3.24. The predicted octanol–water partition coefficient (Wildman–Crippen LogP) is 2.42. The molecule has 0 saturated heterocycles. The van der Waals surface area contributed by atoms with Gasteiger partial charge in [-0.1, -0.05) is 24.3 Å². The van der Waals surface area contributed by atoms with E-state index in [1.165, 1.54) is 0 Å². The van der Waals surface area contributed by atoms with Crippen molar-refractivity contribution in [3.05, 3.63) is 29.4 Å². The molecule has 0 amide bonds. The van der Waals surface area contributed by atoms with Gasteiger partial charge in [0.2, 0.25) is 0 Å². The minimum Gasteiger partial charge on any atom is -0.373 e. The van der Waals surface area contributed by atoms with Crippen LogP contribution in [-0.4, -0.2) is 12.0 Å². The molecule has 1 heterocycles. The molecule has 1 aromatic heterocycles. The van der Waals surface area contributed by atoms with Gasteiger partial charge in [0, 0.05) is 12.6 Å². The molecule has 0 saturated carbocycles. The lowest BCUT2D eigenvalue weighted by atomic mass is 10.2. The Labute approximate surface area is 70.9 Å². The maximum absolute atomic E-state index is 5.67. The standard InChI is InChI=1S/C8H9ClN2/c1-3-6-4-5-7(9)11-8(6)10-2/h3-5H,1H2,2H3,(H,10,11). The Balaban J connectivity index is 3.16. The highest BCUT2D eigenvalue weighted by molar-refractivity contribution is 6.29. The lowest BCUT2D eigenvalue weighted by Crippen LogP contribution is -1.94. The molecule has 0 unspecified atom stereocenters. The molecule has 0 atom stereocenters. The van der Waals surface area contributed by atoms with Crippen molar-refractivity contribution in [1.29, 1.82) is 0 Å². The van der Waals surface area contributed by atoms with Crippen LogP contribution < -0.4 is 5.32 Å². The zero-order chi connectivity index (χ0) is 8.27. The van der Waals surface area contributed by atoms with Crippen LogP contribution in [0.4, 0.5) is 5.82 Å². The Hall–Kier alpha value is -1.02. The van der Waals surface area contributed by atoms with Gasteiger partial charge in [0.05, 0.1) is 0 Å². The summed E-state index contributed by atoms with van der Waals surface area (Å²) in [6.07, 6.45) is 1.73. The second-order valence-corrected chi connectivity index (χ2v) is 2.41. The van der Waals surface area contributed by atoms with E-state index in [9.17, 15) is 0 Å². The number of hydrogen-bond acceptors (Lipinski definition) is 2. The third-order valence-corrected chi connectivity index (χ3v) is 1.56. The molecular weight excluding hydrogens is 160 g/mol. The molecule has 0 aliphatic carbocycles. The Bertz CT molecular complexity index is 271. The van der Waals surface area contributed by atoms with Crippen LogP contribution in [0.25, 0.3) is 6.08 Å². The average Bonchev–Trinajstić information content (AvgIpc) is 2.04. The van der Waals surface area contributed by atoms with Crippen LogP contribution in [-0.2, 0) is 0 Å². The van der Waals surface area contributed by atoms with Gasteiger partial charge in [0.15, 0.2) is 0 Å². The van der Waals surface area contributed by atoms with Crippen LogP contribution in [0.15, 0.2) is 18.7 Å². The maximum atomic E-state index is 5.67. The van der Waals surface area contributed by atoms with Crippen molar-refractivity contribution in [2.45, 2.75) is 0 Å². The van der Waals surface area contributed by atoms with Crippen molar-refractivity contribution >= 4 is 23.5 Å². The summed E-state index contributed by atoms with van der Waals surface area (Å²) < 4.78 is 0. The van der Waals surface area contributed by atoms with Crippen molar-refractivity contribution in [2.75, 3.05) is 12.4 Å². The summed E-state index contributed by atoms with van der Waals surface area (Å²) >= 11 is 5.67. The fraction of sp³-hybridized carbons (Fsp3) is 0.125. The molecule has 3 heteroatoms. The second kappa shape index (κ2) is 3.39. The summed E-state index contributed by atoms with van der Waals surface area (Å²) in [6, 6.07) is 3.60. The molecule has 0 bridgehead atoms. The van der Waals surface area contributed by atoms with Crippen molar-refractivity contribution < 1.29 is 0 Å². The van der Waals surface area contributed by atoms with Gasteiger partial charge in [-0.2, -0.15) is 0 Å². The molecule has 11 heavy (non-hydrogen) atoms. The molecule has 1 N–H and O–H groups in total. The normalized spacial score (nSPS) is 9.27. The number of rotatable bonds is 2. The van der Waals surface area contributed by atoms with E-state index >= 15 is 0 Å². The number of aromatic nitrogens is 1. The van der Waals surface area contributed by atoms with Crippen LogP contribution in [0, 0.1) is 0 Å². The first kappa shape index (κ1) is 8.08. The van der Waals surface area contributed by atoms with Crippen LogP contribution in [0.5, 0.6) is 0 Å². The number of nitrogens with zero attached hydrogens (tertiary/aromatic N) is 1. The Morgan fingerprint density at radius 3 is 2.91 bits per heavy atom. The predicted molar refractivity (Wildman–Crippen MR) is 48.9 cm³/mol. The second-order valence-electron chi connectivity index (χ2n) is 2.03. The fourth-order valence-electron chi connectivity index (χ4n) is 0.811. The van der Waals surface area contributed by atoms with E-state index in [1.807, 2.05) is 6.07 Å². The number of halogens is 1. The number of nitrogens with one attached hydrogen (secondary N) is 1. The summed E-state index contributed by atoms with van der Waals surface area (Å²) in [4.78, 5) is 4.05. The third kappa shape index (κ3) is 1.71. The highest BCUT2D eigenvalue weighted by atomic mass is 35.5. The van der Waals surface area contributed by atoms with Crippen molar-refractivity contribution in [2.24, 2.45) is 0 Å². The average molecular weight is 169 g/mol. The van der Waals surface area contributed by atoms with Crippen LogP contribution in [0.3, 0.4) is 0 Å². The van der Waals surface area contributed by atoms with Gasteiger partial charge < -0.3 is 5.32 Å². The molecule has 1 aromatic rings. The molecule has 0 fully saturated rings. The molecule has 1 rings (SSSR count). The maximum Gasteiger partial charge on any atom is 0.134 e. The monoisotopic (exact) mass is 168 g/mol. The first-order chi connectivity index (χ1) is 5.27. The topological polar surface area (TPSA) is 24.9 Å². The van der Waals surface area contributed by atoms with Gasteiger partial charge >= 0.3 is 0 Å². The Morgan fingerprint density at radius 2 is 2.36 bits per heavy atom. The summed E-state index contributed by atoms with van der Waals surface area (Å²) in [5.41, 5.74) is 0.955. The SMILES string of the molecule is C=Cc1ccc(Cl)nc1NC. The summed E-state index contributed by atoms with van der Waals surface area (Å²) in [5.74, 6) is 0.757. The summed E-state index contributed by atoms with van der Waals surface area (Å²) in [7, 11) is 1.80. The van der Waals surface area contributed by atoms with Crippen LogP contribution >= 0.6 is 11.6 Å². The van der Waals surface area contributed by atoms with Gasteiger partial charge in [-0.15, -0.1) is 0 Å². The van der Waals surface area contributed by atoms with Crippen LogP contribution in [0.2, 0.25) is 5.15 Å². The van der Waals surface area contributed by atoms with Gasteiger partial charge in [-0.05, 0) is 12.1 Å². The minimum absolute atomic E-state index is 0.486. The first-order valence-corrected chi connectivity index (χ1v) is 3.62. The van der Waals surface area contributed by atoms with Gasteiger partial charge in [-0.3, -0.25) is 0 Å². The minimum atomic E-state index is 0.486. The number of pyridine rings is 1. The molecule has 0 aliphatic rings. The third-order valence-electron chi connectivity index (χ3n) is 1.35.